The minimum Gasteiger partial charge on any atom is -0.358 e. The van der Waals surface area contributed by atoms with E-state index in [2.05, 4.69) is 63.9 Å². The molecule has 1 aliphatic rings. The molecule has 5 rings (SSSR count). The molecule has 0 aliphatic heterocycles. The minimum atomic E-state index is -0.411. The SMILES string of the molecule is C=C/C=C(\C(C)=C(/C)NC(=C)c1[nH]nc2c(F)cc(-c3cncc(NC(=C)C4CC4)c3)cc12)c1cccs1. The van der Waals surface area contributed by atoms with Crippen LogP contribution in [0.25, 0.3) is 33.3 Å². The molecule has 3 heterocycles. The molecule has 3 aromatic heterocycles. The van der Waals surface area contributed by atoms with Gasteiger partial charge in [0.2, 0.25) is 0 Å². The molecular formula is C31H30FN5S. The Morgan fingerprint density at radius 3 is 2.68 bits per heavy atom. The van der Waals surface area contributed by atoms with E-state index in [9.17, 15) is 0 Å². The predicted molar refractivity (Wildman–Crippen MR) is 158 cm³/mol. The maximum atomic E-state index is 15.2. The van der Waals surface area contributed by atoms with Crippen molar-refractivity contribution in [1.29, 1.82) is 0 Å². The summed E-state index contributed by atoms with van der Waals surface area (Å²) in [5, 5.41) is 16.6. The largest absolute Gasteiger partial charge is 0.358 e. The van der Waals surface area contributed by atoms with Crippen molar-refractivity contribution in [3.05, 3.63) is 113 Å². The number of halogens is 1. The second kappa shape index (κ2) is 10.6. The Morgan fingerprint density at radius 2 is 1.97 bits per heavy atom. The van der Waals surface area contributed by atoms with Crippen molar-refractivity contribution < 1.29 is 4.39 Å². The predicted octanol–water partition coefficient (Wildman–Crippen LogP) is 8.28. The van der Waals surface area contributed by atoms with Gasteiger partial charge in [-0.1, -0.05) is 38.0 Å². The van der Waals surface area contributed by atoms with E-state index < -0.39 is 5.82 Å². The Bertz CT molecular complexity index is 1600. The molecule has 7 heteroatoms. The van der Waals surface area contributed by atoms with Crippen molar-refractivity contribution in [1.82, 2.24) is 20.5 Å². The van der Waals surface area contributed by atoms with Crippen LogP contribution in [0.2, 0.25) is 0 Å². The van der Waals surface area contributed by atoms with E-state index >= 15 is 4.39 Å². The Morgan fingerprint density at radius 1 is 1.16 bits per heavy atom. The summed E-state index contributed by atoms with van der Waals surface area (Å²) >= 11 is 1.67. The number of aromatic amines is 1. The lowest BCUT2D eigenvalue weighted by atomic mass is 10.0. The number of anilines is 1. The molecule has 0 saturated heterocycles. The lowest BCUT2D eigenvalue weighted by Crippen LogP contribution is -2.11. The molecule has 5 nitrogen and oxygen atoms in total. The van der Waals surface area contributed by atoms with Gasteiger partial charge in [0.15, 0.2) is 5.82 Å². The van der Waals surface area contributed by atoms with E-state index in [1.54, 1.807) is 29.8 Å². The van der Waals surface area contributed by atoms with Gasteiger partial charge in [0, 0.05) is 33.4 Å². The molecule has 0 amide bonds. The van der Waals surface area contributed by atoms with Gasteiger partial charge in [-0.25, -0.2) is 4.39 Å². The summed E-state index contributed by atoms with van der Waals surface area (Å²) in [6.45, 7) is 16.3. The Labute approximate surface area is 226 Å². The number of fused-ring (bicyclic) bond motifs is 1. The third-order valence-electron chi connectivity index (χ3n) is 6.74. The maximum absolute atomic E-state index is 15.2. The number of thiophene rings is 1. The summed E-state index contributed by atoms with van der Waals surface area (Å²) in [4.78, 5) is 5.51. The molecule has 0 atom stereocenters. The van der Waals surface area contributed by atoms with Gasteiger partial charge >= 0.3 is 0 Å². The van der Waals surface area contributed by atoms with Crippen LogP contribution in [0, 0.1) is 11.7 Å². The number of rotatable bonds is 10. The zero-order chi connectivity index (χ0) is 26.8. The second-order valence-corrected chi connectivity index (χ2v) is 10.4. The van der Waals surface area contributed by atoms with Gasteiger partial charge in [-0.3, -0.25) is 10.1 Å². The molecular weight excluding hydrogens is 493 g/mol. The van der Waals surface area contributed by atoms with E-state index in [4.69, 9.17) is 0 Å². The van der Waals surface area contributed by atoms with E-state index in [1.165, 1.54) is 6.07 Å². The molecule has 0 spiro atoms. The number of hydrogen-bond donors (Lipinski definition) is 3. The number of hydrogen-bond acceptors (Lipinski definition) is 5. The average Bonchev–Trinajstić information content (AvgIpc) is 3.44. The molecule has 1 saturated carbocycles. The third-order valence-corrected chi connectivity index (χ3v) is 7.64. The van der Waals surface area contributed by atoms with Gasteiger partial charge in [0.05, 0.1) is 23.3 Å². The first-order chi connectivity index (χ1) is 18.4. The molecule has 1 fully saturated rings. The molecule has 3 N–H and O–H groups in total. The molecule has 192 valence electrons. The number of nitrogens with one attached hydrogen (secondary N) is 3. The lowest BCUT2D eigenvalue weighted by Gasteiger charge is -2.15. The molecule has 0 bridgehead atoms. The number of pyridine rings is 1. The molecule has 1 aromatic carbocycles. The van der Waals surface area contributed by atoms with Gasteiger partial charge in [0.1, 0.15) is 5.52 Å². The van der Waals surface area contributed by atoms with Gasteiger partial charge in [-0.2, -0.15) is 5.10 Å². The van der Waals surface area contributed by atoms with E-state index in [0.717, 1.165) is 51.5 Å². The van der Waals surface area contributed by atoms with Crippen LogP contribution in [0.4, 0.5) is 10.1 Å². The van der Waals surface area contributed by atoms with E-state index in [1.807, 2.05) is 31.2 Å². The Balaban J connectivity index is 1.45. The number of aromatic nitrogens is 3. The van der Waals surface area contributed by atoms with Crippen LogP contribution < -0.4 is 10.6 Å². The topological polar surface area (TPSA) is 65.6 Å². The highest BCUT2D eigenvalue weighted by Crippen LogP contribution is 2.36. The first kappa shape index (κ1) is 25.4. The van der Waals surface area contributed by atoms with Crippen LogP contribution in [-0.4, -0.2) is 15.2 Å². The fourth-order valence-corrected chi connectivity index (χ4v) is 5.19. The number of H-pyrrole nitrogens is 1. The summed E-state index contributed by atoms with van der Waals surface area (Å²) in [5.74, 6) is 0.111. The summed E-state index contributed by atoms with van der Waals surface area (Å²) < 4.78 is 15.2. The standard InChI is InChI=1S/C31H30FN5S/c1-6-8-26(29-9-7-12-38-29)18(2)19(3)34-21(5)30-27-14-23(15-28(32)31(27)37-36-30)24-13-25(17-33-16-24)35-20(4)22-10-11-22/h6-9,12-17,22,34-35H,1,4-5,10-11H2,2-3H3,(H,36,37)/b19-18+,26-8+. The van der Waals surface area contributed by atoms with Crippen LogP contribution in [0.3, 0.4) is 0 Å². The zero-order valence-corrected chi connectivity index (χ0v) is 22.4. The van der Waals surface area contributed by atoms with Crippen LogP contribution in [0.1, 0.15) is 37.3 Å². The van der Waals surface area contributed by atoms with Crippen molar-refractivity contribution in [2.75, 3.05) is 5.32 Å². The normalized spacial score (nSPS) is 14.2. The number of benzene rings is 1. The highest BCUT2D eigenvalue weighted by molar-refractivity contribution is 7.11. The van der Waals surface area contributed by atoms with Crippen molar-refractivity contribution in [3.8, 4) is 11.1 Å². The highest BCUT2D eigenvalue weighted by Gasteiger charge is 2.24. The fourth-order valence-electron chi connectivity index (χ4n) is 4.38. The lowest BCUT2D eigenvalue weighted by molar-refractivity contribution is 0.636. The maximum Gasteiger partial charge on any atom is 0.151 e. The van der Waals surface area contributed by atoms with Crippen LogP contribution in [0.5, 0.6) is 0 Å². The third kappa shape index (κ3) is 5.24. The molecule has 0 radical (unpaired) electrons. The quantitative estimate of drug-likeness (QED) is 0.183. The smallest absolute Gasteiger partial charge is 0.151 e. The highest BCUT2D eigenvalue weighted by atomic mass is 32.1. The van der Waals surface area contributed by atoms with Gasteiger partial charge in [-0.05, 0) is 79.0 Å². The Hall–Kier alpha value is -4.23. The van der Waals surface area contributed by atoms with Crippen LogP contribution >= 0.6 is 11.3 Å². The Kier molecular flexibility index (Phi) is 7.11. The summed E-state index contributed by atoms with van der Waals surface area (Å²) in [7, 11) is 0. The second-order valence-electron chi connectivity index (χ2n) is 9.49. The minimum absolute atomic E-state index is 0.264. The van der Waals surface area contributed by atoms with Crippen LogP contribution in [0.15, 0.2) is 97.0 Å². The molecule has 4 aromatic rings. The molecule has 0 unspecified atom stereocenters. The summed E-state index contributed by atoms with van der Waals surface area (Å²) in [5.41, 5.74) is 7.89. The number of allylic oxidation sites excluding steroid dienone is 6. The molecule has 1 aliphatic carbocycles. The summed E-state index contributed by atoms with van der Waals surface area (Å²) in [6, 6.07) is 9.48. The average molecular weight is 524 g/mol. The van der Waals surface area contributed by atoms with Crippen LogP contribution in [-0.2, 0) is 0 Å². The fraction of sp³-hybridized carbons (Fsp3) is 0.161. The first-order valence-corrected chi connectivity index (χ1v) is 13.3. The van der Waals surface area contributed by atoms with E-state index in [-0.39, 0.29) is 5.52 Å². The van der Waals surface area contributed by atoms with Crippen molar-refractivity contribution in [2.24, 2.45) is 5.92 Å². The first-order valence-electron chi connectivity index (χ1n) is 12.4. The summed E-state index contributed by atoms with van der Waals surface area (Å²) in [6.07, 6.45) is 9.59. The molecule has 38 heavy (non-hydrogen) atoms. The van der Waals surface area contributed by atoms with E-state index in [0.29, 0.717) is 28.3 Å². The van der Waals surface area contributed by atoms with Gasteiger partial charge in [-0.15, -0.1) is 11.3 Å². The zero-order valence-electron chi connectivity index (χ0n) is 21.6. The van der Waals surface area contributed by atoms with Crippen molar-refractivity contribution >= 4 is 39.2 Å². The monoisotopic (exact) mass is 523 g/mol. The number of nitrogens with zero attached hydrogens (tertiary/aromatic N) is 2. The van der Waals surface area contributed by atoms with Crippen molar-refractivity contribution in [3.63, 3.8) is 0 Å². The van der Waals surface area contributed by atoms with Crippen molar-refractivity contribution in [2.45, 2.75) is 26.7 Å². The van der Waals surface area contributed by atoms with Gasteiger partial charge in [0.25, 0.3) is 0 Å². The van der Waals surface area contributed by atoms with Gasteiger partial charge < -0.3 is 10.6 Å².